The fourth-order valence-electron chi connectivity index (χ4n) is 4.87. The molecule has 4 aromatic rings. The number of quaternary nitrogens is 1. The Kier molecular flexibility index (Phi) is 4.81. The average molecular weight is 422 g/mol. The van der Waals surface area contributed by atoms with Crippen molar-refractivity contribution in [3.05, 3.63) is 62.6 Å². The second-order valence-electron chi connectivity index (χ2n) is 8.76. The molecule has 0 amide bonds. The van der Waals surface area contributed by atoms with Gasteiger partial charge in [0.1, 0.15) is 0 Å². The first-order chi connectivity index (χ1) is 15.0. The van der Waals surface area contributed by atoms with Gasteiger partial charge in [-0.15, -0.1) is 0 Å². The minimum absolute atomic E-state index is 0.261. The number of likely N-dealkylation sites (tertiary alicyclic amines) is 1. The topological polar surface area (TPSA) is 70.7 Å². The molecule has 0 bridgehead atoms. The van der Waals surface area contributed by atoms with E-state index < -0.39 is 0 Å². The Labute approximate surface area is 180 Å². The summed E-state index contributed by atoms with van der Waals surface area (Å²) in [5.41, 5.74) is 3.44. The number of fused-ring (bicyclic) bond motifs is 3. The normalized spacial score (nSPS) is 15.3. The predicted octanol–water partition coefficient (Wildman–Crippen LogP) is 0.824. The third-order valence-corrected chi connectivity index (χ3v) is 6.54. The first kappa shape index (κ1) is 19.8. The Morgan fingerprint density at radius 2 is 1.87 bits per heavy atom. The third kappa shape index (κ3) is 3.22. The van der Waals surface area contributed by atoms with E-state index in [0.29, 0.717) is 23.5 Å². The predicted molar refractivity (Wildman–Crippen MR) is 120 cm³/mol. The van der Waals surface area contributed by atoms with Gasteiger partial charge < -0.3 is 4.90 Å². The van der Waals surface area contributed by atoms with Crippen LogP contribution in [0, 0.1) is 13.8 Å². The number of hydrogen-bond donors (Lipinski definition) is 1. The van der Waals surface area contributed by atoms with Gasteiger partial charge >= 0.3 is 5.69 Å². The third-order valence-electron chi connectivity index (χ3n) is 6.54. The van der Waals surface area contributed by atoms with Crippen molar-refractivity contribution in [2.45, 2.75) is 39.7 Å². The lowest BCUT2D eigenvalue weighted by Gasteiger charge is -2.23. The van der Waals surface area contributed by atoms with E-state index in [4.69, 9.17) is 4.98 Å². The molecule has 1 aromatic carbocycles. The van der Waals surface area contributed by atoms with Crippen molar-refractivity contribution in [1.82, 2.24) is 23.1 Å². The Morgan fingerprint density at radius 1 is 1.10 bits per heavy atom. The van der Waals surface area contributed by atoms with Crippen LogP contribution in [-0.2, 0) is 13.6 Å². The van der Waals surface area contributed by atoms with Gasteiger partial charge in [-0.2, -0.15) is 4.98 Å². The molecule has 1 fully saturated rings. The highest BCUT2D eigenvalue weighted by molar-refractivity contribution is 5.76. The van der Waals surface area contributed by atoms with E-state index in [1.165, 1.54) is 33.3 Å². The van der Waals surface area contributed by atoms with Crippen LogP contribution in [0.2, 0.25) is 0 Å². The molecule has 4 heterocycles. The van der Waals surface area contributed by atoms with Gasteiger partial charge in [0.05, 0.1) is 26.2 Å². The summed E-state index contributed by atoms with van der Waals surface area (Å²) >= 11 is 0. The number of aryl methyl sites for hydroxylation is 3. The van der Waals surface area contributed by atoms with Crippen LogP contribution >= 0.6 is 0 Å². The maximum Gasteiger partial charge on any atom is 0.332 e. The molecular weight excluding hydrogens is 392 g/mol. The Balaban J connectivity index is 1.67. The van der Waals surface area contributed by atoms with Crippen molar-refractivity contribution in [1.29, 1.82) is 0 Å². The van der Waals surface area contributed by atoms with E-state index >= 15 is 0 Å². The lowest BCUT2D eigenvalue weighted by molar-refractivity contribution is -0.905. The molecule has 8 heteroatoms. The zero-order valence-corrected chi connectivity index (χ0v) is 18.4. The molecule has 8 nitrogen and oxygen atoms in total. The maximum atomic E-state index is 13.4. The van der Waals surface area contributed by atoms with Crippen molar-refractivity contribution in [3.8, 4) is 5.69 Å². The monoisotopic (exact) mass is 421 g/mol. The second-order valence-corrected chi connectivity index (χ2v) is 8.76. The number of rotatable bonds is 4. The highest BCUT2D eigenvalue weighted by Gasteiger charge is 2.22. The first-order valence-corrected chi connectivity index (χ1v) is 11.1. The van der Waals surface area contributed by atoms with Crippen LogP contribution in [0.15, 0.2) is 40.1 Å². The minimum Gasteiger partial charge on any atom is -0.333 e. The fraction of sp³-hybridized carbons (Fsp3) is 0.435. The molecule has 5 rings (SSSR count). The van der Waals surface area contributed by atoms with Gasteiger partial charge in [0.25, 0.3) is 5.56 Å². The smallest absolute Gasteiger partial charge is 0.332 e. The number of hydrogen-bond acceptors (Lipinski definition) is 3. The summed E-state index contributed by atoms with van der Waals surface area (Å²) in [6.07, 6.45) is 5.65. The molecule has 3 aromatic heterocycles. The molecule has 31 heavy (non-hydrogen) atoms. The van der Waals surface area contributed by atoms with Crippen LogP contribution in [0.4, 0.5) is 0 Å². The number of imidazole rings is 2. The van der Waals surface area contributed by atoms with E-state index in [2.05, 4.69) is 6.07 Å². The highest BCUT2D eigenvalue weighted by atomic mass is 16.2. The van der Waals surface area contributed by atoms with Crippen molar-refractivity contribution >= 4 is 16.9 Å². The van der Waals surface area contributed by atoms with Crippen LogP contribution in [-0.4, -0.2) is 42.7 Å². The summed E-state index contributed by atoms with van der Waals surface area (Å²) in [5, 5.41) is 0. The number of nitrogens with zero attached hydrogens (tertiary/aromatic N) is 5. The van der Waals surface area contributed by atoms with Crippen LogP contribution < -0.4 is 16.1 Å². The highest BCUT2D eigenvalue weighted by Crippen LogP contribution is 2.21. The van der Waals surface area contributed by atoms with Gasteiger partial charge in [-0.3, -0.25) is 22.9 Å². The lowest BCUT2D eigenvalue weighted by Crippen LogP contribution is -3.13. The first-order valence-electron chi connectivity index (χ1n) is 11.1. The summed E-state index contributed by atoms with van der Waals surface area (Å²) in [6, 6.07) is 8.17. The number of aromatic nitrogens is 5. The zero-order chi connectivity index (χ0) is 21.7. The number of piperidine rings is 1. The Morgan fingerprint density at radius 3 is 2.61 bits per heavy atom. The molecule has 1 aliphatic rings. The molecular formula is C23H29N6O2+. The quantitative estimate of drug-likeness (QED) is 0.531. The summed E-state index contributed by atoms with van der Waals surface area (Å²) in [4.78, 5) is 32.6. The fourth-order valence-corrected chi connectivity index (χ4v) is 4.87. The van der Waals surface area contributed by atoms with Gasteiger partial charge in [-0.1, -0.05) is 12.1 Å². The van der Waals surface area contributed by atoms with Crippen molar-refractivity contribution < 1.29 is 4.90 Å². The maximum absolute atomic E-state index is 13.4. The van der Waals surface area contributed by atoms with Gasteiger partial charge in [0, 0.05) is 24.6 Å². The summed E-state index contributed by atoms with van der Waals surface area (Å²) in [7, 11) is 1.70. The standard InChI is InChI=1S/C23H28N6O2/c1-16-8-7-9-18(14-16)29-17(2)15-28-19-20(24-22(28)29)25(3)23(31)27(21(19)30)13-12-26-10-5-4-6-11-26/h7-9,14-15H,4-6,10-13H2,1-3H3/p+1. The molecule has 0 aliphatic carbocycles. The SMILES string of the molecule is Cc1cccc(-n2c(C)cn3c4c(=O)n(CC[NH+]5CCCCC5)c(=O)n(C)c4nc23)c1. The van der Waals surface area contributed by atoms with Crippen LogP contribution in [0.5, 0.6) is 0 Å². The van der Waals surface area contributed by atoms with Gasteiger partial charge in [0.2, 0.25) is 5.78 Å². The summed E-state index contributed by atoms with van der Waals surface area (Å²) in [6.45, 7) is 7.52. The second kappa shape index (κ2) is 7.53. The lowest BCUT2D eigenvalue weighted by atomic mass is 10.1. The molecule has 0 radical (unpaired) electrons. The van der Waals surface area contributed by atoms with Gasteiger partial charge in [-0.25, -0.2) is 4.79 Å². The Bertz CT molecular complexity index is 1400. The van der Waals surface area contributed by atoms with Gasteiger partial charge in [0.15, 0.2) is 11.2 Å². The van der Waals surface area contributed by atoms with E-state index in [1.54, 1.807) is 7.05 Å². The van der Waals surface area contributed by atoms with Crippen LogP contribution in [0.3, 0.4) is 0 Å². The van der Waals surface area contributed by atoms with Gasteiger partial charge in [-0.05, 0) is 50.8 Å². The zero-order valence-electron chi connectivity index (χ0n) is 18.4. The van der Waals surface area contributed by atoms with Crippen molar-refractivity contribution in [2.24, 2.45) is 7.05 Å². The molecule has 0 spiro atoms. The number of nitrogens with one attached hydrogen (secondary N) is 1. The molecule has 1 aliphatic heterocycles. The Hall–Kier alpha value is -3.13. The van der Waals surface area contributed by atoms with Crippen molar-refractivity contribution in [2.75, 3.05) is 19.6 Å². The summed E-state index contributed by atoms with van der Waals surface area (Å²) in [5.74, 6) is 0.643. The minimum atomic E-state index is -0.298. The van der Waals surface area contributed by atoms with E-state index in [9.17, 15) is 9.59 Å². The number of benzene rings is 1. The molecule has 1 N–H and O–H groups in total. The summed E-state index contributed by atoms with van der Waals surface area (Å²) < 4.78 is 6.75. The molecule has 0 saturated carbocycles. The molecule has 1 saturated heterocycles. The largest absolute Gasteiger partial charge is 0.333 e. The van der Waals surface area contributed by atoms with E-state index in [0.717, 1.165) is 36.6 Å². The van der Waals surface area contributed by atoms with Crippen LogP contribution in [0.25, 0.3) is 22.6 Å². The average Bonchev–Trinajstić information content (AvgIpc) is 3.27. The van der Waals surface area contributed by atoms with Crippen LogP contribution in [0.1, 0.15) is 30.5 Å². The molecule has 0 atom stereocenters. The van der Waals surface area contributed by atoms with E-state index in [-0.39, 0.29) is 11.2 Å². The van der Waals surface area contributed by atoms with E-state index in [1.807, 2.05) is 47.2 Å². The van der Waals surface area contributed by atoms with Crippen molar-refractivity contribution in [3.63, 3.8) is 0 Å². The molecule has 0 unspecified atom stereocenters. The molecule has 162 valence electrons.